The van der Waals surface area contributed by atoms with Crippen LogP contribution in [0.4, 0.5) is 11.4 Å². The molecule has 0 unspecified atom stereocenters. The van der Waals surface area contributed by atoms with E-state index in [4.69, 9.17) is 10.5 Å². The predicted octanol–water partition coefficient (Wildman–Crippen LogP) is 1.45. The first-order chi connectivity index (χ1) is 9.53. The molecule has 2 rings (SSSR count). The zero-order valence-corrected chi connectivity index (χ0v) is 12.2. The molecule has 0 spiro atoms. The van der Waals surface area contributed by atoms with Crippen LogP contribution < -0.4 is 16.0 Å². The predicted molar refractivity (Wildman–Crippen MR) is 80.9 cm³/mol. The van der Waals surface area contributed by atoms with Crippen molar-refractivity contribution >= 4 is 17.3 Å². The molecule has 1 aromatic carbocycles. The van der Waals surface area contributed by atoms with Crippen molar-refractivity contribution in [1.82, 2.24) is 0 Å². The lowest BCUT2D eigenvalue weighted by atomic mass is 9.92. The molecule has 0 aliphatic carbocycles. The van der Waals surface area contributed by atoms with Crippen LogP contribution in [0.15, 0.2) is 24.3 Å². The van der Waals surface area contributed by atoms with Crippen LogP contribution in [0.25, 0.3) is 0 Å². The monoisotopic (exact) mass is 277 g/mol. The number of benzene rings is 1. The molecular weight excluding hydrogens is 254 g/mol. The molecule has 0 saturated carbocycles. The van der Waals surface area contributed by atoms with E-state index in [1.165, 1.54) is 0 Å². The number of carbonyl (C=O) groups excluding carboxylic acids is 1. The summed E-state index contributed by atoms with van der Waals surface area (Å²) in [6, 6.07) is 7.90. The van der Waals surface area contributed by atoms with Crippen molar-refractivity contribution in [3.8, 4) is 0 Å². The van der Waals surface area contributed by atoms with E-state index in [-0.39, 0.29) is 5.91 Å². The molecule has 1 aromatic rings. The minimum atomic E-state index is -0.553. The molecule has 5 heteroatoms. The smallest absolute Gasteiger partial charge is 0.231 e. The fraction of sp³-hybridized carbons (Fsp3) is 0.533. The van der Waals surface area contributed by atoms with E-state index in [1.54, 1.807) is 0 Å². The van der Waals surface area contributed by atoms with Crippen LogP contribution in [0.5, 0.6) is 0 Å². The minimum Gasteiger partial charge on any atom is -0.378 e. The van der Waals surface area contributed by atoms with Crippen LogP contribution in [0, 0.1) is 5.41 Å². The number of amides is 1. The summed E-state index contributed by atoms with van der Waals surface area (Å²) in [4.78, 5) is 14.3. The van der Waals surface area contributed by atoms with Gasteiger partial charge in [-0.15, -0.1) is 0 Å². The van der Waals surface area contributed by atoms with E-state index in [9.17, 15) is 4.79 Å². The largest absolute Gasteiger partial charge is 0.378 e. The van der Waals surface area contributed by atoms with Crippen molar-refractivity contribution in [1.29, 1.82) is 0 Å². The van der Waals surface area contributed by atoms with E-state index in [0.717, 1.165) is 37.7 Å². The zero-order chi connectivity index (χ0) is 14.6. The van der Waals surface area contributed by atoms with Gasteiger partial charge in [-0.05, 0) is 38.1 Å². The fourth-order valence-corrected chi connectivity index (χ4v) is 1.97. The number of hydrogen-bond donors (Lipinski definition) is 2. The lowest BCUT2D eigenvalue weighted by molar-refractivity contribution is -0.123. The third kappa shape index (κ3) is 3.49. The Morgan fingerprint density at radius 2 is 1.90 bits per heavy atom. The number of nitrogens with two attached hydrogens (primary N) is 1. The molecule has 5 nitrogen and oxygen atoms in total. The number of morpholine rings is 1. The molecule has 0 radical (unpaired) electrons. The lowest BCUT2D eigenvalue weighted by Gasteiger charge is -2.29. The molecule has 1 saturated heterocycles. The van der Waals surface area contributed by atoms with Gasteiger partial charge in [-0.25, -0.2) is 0 Å². The van der Waals surface area contributed by atoms with Crippen LogP contribution in [0.3, 0.4) is 0 Å². The van der Waals surface area contributed by atoms with Gasteiger partial charge in [0.05, 0.1) is 18.6 Å². The van der Waals surface area contributed by atoms with Gasteiger partial charge in [0.1, 0.15) is 0 Å². The van der Waals surface area contributed by atoms with E-state index in [0.29, 0.717) is 6.54 Å². The topological polar surface area (TPSA) is 67.6 Å². The second-order valence-corrected chi connectivity index (χ2v) is 5.69. The summed E-state index contributed by atoms with van der Waals surface area (Å²) < 4.78 is 5.34. The second kappa shape index (κ2) is 6.24. The number of carbonyl (C=O) groups is 1. The van der Waals surface area contributed by atoms with Gasteiger partial charge in [-0.1, -0.05) is 0 Å². The van der Waals surface area contributed by atoms with E-state index in [2.05, 4.69) is 10.2 Å². The van der Waals surface area contributed by atoms with E-state index in [1.807, 2.05) is 38.1 Å². The van der Waals surface area contributed by atoms with Crippen LogP contribution in [-0.2, 0) is 9.53 Å². The number of anilines is 2. The second-order valence-electron chi connectivity index (χ2n) is 5.69. The summed E-state index contributed by atoms with van der Waals surface area (Å²) in [7, 11) is 0. The van der Waals surface area contributed by atoms with Crippen molar-refractivity contribution in [3.05, 3.63) is 24.3 Å². The summed E-state index contributed by atoms with van der Waals surface area (Å²) in [6.45, 7) is 7.35. The maximum Gasteiger partial charge on any atom is 0.231 e. The van der Waals surface area contributed by atoms with Crippen molar-refractivity contribution < 1.29 is 9.53 Å². The molecular formula is C15H23N3O2. The summed E-state index contributed by atoms with van der Waals surface area (Å²) in [5.74, 6) is -0.0564. The first-order valence-electron chi connectivity index (χ1n) is 6.97. The Bertz CT molecular complexity index is 451. The Hall–Kier alpha value is -1.59. The Morgan fingerprint density at radius 1 is 1.30 bits per heavy atom. The van der Waals surface area contributed by atoms with Crippen LogP contribution in [-0.4, -0.2) is 38.8 Å². The van der Waals surface area contributed by atoms with Gasteiger partial charge in [0.15, 0.2) is 0 Å². The fourth-order valence-electron chi connectivity index (χ4n) is 1.97. The van der Waals surface area contributed by atoms with Gasteiger partial charge in [0.25, 0.3) is 0 Å². The summed E-state index contributed by atoms with van der Waals surface area (Å²) >= 11 is 0. The standard InChI is InChI=1S/C15H23N3O2/c1-15(2,11-16)14(19)17-12-3-5-13(6-4-12)18-7-9-20-10-8-18/h3-6H,7-11,16H2,1-2H3,(H,17,19). The molecule has 1 aliphatic rings. The van der Waals surface area contributed by atoms with E-state index < -0.39 is 5.41 Å². The molecule has 1 amide bonds. The Labute approximate surface area is 120 Å². The average molecular weight is 277 g/mol. The maximum absolute atomic E-state index is 12.0. The molecule has 3 N–H and O–H groups in total. The van der Waals surface area contributed by atoms with Crippen LogP contribution in [0.2, 0.25) is 0 Å². The van der Waals surface area contributed by atoms with Crippen molar-refractivity contribution in [2.45, 2.75) is 13.8 Å². The highest BCUT2D eigenvalue weighted by atomic mass is 16.5. The van der Waals surface area contributed by atoms with Crippen molar-refractivity contribution in [2.75, 3.05) is 43.1 Å². The molecule has 110 valence electrons. The van der Waals surface area contributed by atoms with Crippen LogP contribution >= 0.6 is 0 Å². The summed E-state index contributed by atoms with van der Waals surface area (Å²) in [6.07, 6.45) is 0. The third-order valence-corrected chi connectivity index (χ3v) is 3.63. The van der Waals surface area contributed by atoms with Gasteiger partial charge in [0.2, 0.25) is 5.91 Å². The Morgan fingerprint density at radius 3 is 2.45 bits per heavy atom. The summed E-state index contributed by atoms with van der Waals surface area (Å²) in [5.41, 5.74) is 7.01. The number of ether oxygens (including phenoxy) is 1. The quantitative estimate of drug-likeness (QED) is 0.874. The third-order valence-electron chi connectivity index (χ3n) is 3.63. The number of nitrogens with zero attached hydrogens (tertiary/aromatic N) is 1. The highest BCUT2D eigenvalue weighted by molar-refractivity contribution is 5.95. The maximum atomic E-state index is 12.0. The first kappa shape index (κ1) is 14.8. The summed E-state index contributed by atoms with van der Waals surface area (Å²) in [5, 5.41) is 2.90. The van der Waals surface area contributed by atoms with E-state index >= 15 is 0 Å². The molecule has 20 heavy (non-hydrogen) atoms. The first-order valence-corrected chi connectivity index (χ1v) is 6.97. The van der Waals surface area contributed by atoms with Crippen LogP contribution in [0.1, 0.15) is 13.8 Å². The van der Waals surface area contributed by atoms with Gasteiger partial charge in [-0.2, -0.15) is 0 Å². The molecule has 1 heterocycles. The molecule has 0 atom stereocenters. The van der Waals surface area contributed by atoms with Crippen molar-refractivity contribution in [3.63, 3.8) is 0 Å². The highest BCUT2D eigenvalue weighted by Crippen LogP contribution is 2.21. The Kier molecular flexibility index (Phi) is 4.62. The minimum absolute atomic E-state index is 0.0564. The lowest BCUT2D eigenvalue weighted by Crippen LogP contribution is -2.37. The number of nitrogens with one attached hydrogen (secondary N) is 1. The van der Waals surface area contributed by atoms with Crippen molar-refractivity contribution in [2.24, 2.45) is 11.1 Å². The van der Waals surface area contributed by atoms with Gasteiger partial charge in [0, 0.05) is 31.0 Å². The zero-order valence-electron chi connectivity index (χ0n) is 12.2. The molecule has 0 aromatic heterocycles. The van der Waals surface area contributed by atoms with Gasteiger partial charge < -0.3 is 20.7 Å². The molecule has 1 fully saturated rings. The molecule has 0 bridgehead atoms. The number of hydrogen-bond acceptors (Lipinski definition) is 4. The SMILES string of the molecule is CC(C)(CN)C(=O)Nc1ccc(N2CCOCC2)cc1. The normalized spacial score (nSPS) is 16.1. The molecule has 1 aliphatic heterocycles. The Balaban J connectivity index is 1.99. The van der Waals surface area contributed by atoms with Gasteiger partial charge in [-0.3, -0.25) is 4.79 Å². The highest BCUT2D eigenvalue weighted by Gasteiger charge is 2.25. The van der Waals surface area contributed by atoms with Gasteiger partial charge >= 0.3 is 0 Å². The number of rotatable bonds is 4. The average Bonchev–Trinajstić information content (AvgIpc) is 2.49.